The summed E-state index contributed by atoms with van der Waals surface area (Å²) in [7, 11) is 1.71. The molecule has 0 spiro atoms. The fourth-order valence-electron chi connectivity index (χ4n) is 1.32. The van der Waals surface area contributed by atoms with E-state index >= 15 is 0 Å². The van der Waals surface area contributed by atoms with Crippen LogP contribution < -0.4 is 0 Å². The van der Waals surface area contributed by atoms with Gasteiger partial charge in [-0.25, -0.2) is 0 Å². The number of hydrogen-bond acceptors (Lipinski definition) is 2. The number of halogens is 1. The maximum absolute atomic E-state index is 5.80. The van der Waals surface area contributed by atoms with Crippen LogP contribution in [-0.4, -0.2) is 13.3 Å². The third kappa shape index (κ3) is 2.28. The summed E-state index contributed by atoms with van der Waals surface area (Å²) in [6.07, 6.45) is 1.68. The Kier molecular flexibility index (Phi) is 2.88. The molecule has 1 aromatic heterocycles. The van der Waals surface area contributed by atoms with Crippen LogP contribution in [0.2, 0.25) is 5.02 Å². The topological polar surface area (TPSA) is 25.5 Å². The second-order valence-corrected chi connectivity index (χ2v) is 3.53. The van der Waals surface area contributed by atoms with Gasteiger partial charge in [0.25, 0.3) is 0 Å². The number of benzene rings is 1. The van der Waals surface area contributed by atoms with Crippen LogP contribution in [0, 0.1) is 0 Å². The number of furan rings is 1. The minimum Gasteiger partial charge on any atom is -0.455 e. The zero-order chi connectivity index (χ0) is 10.7. The number of hydrogen-bond donors (Lipinski definition) is 0. The van der Waals surface area contributed by atoms with Crippen LogP contribution in [0.1, 0.15) is 5.76 Å². The van der Waals surface area contributed by atoms with Crippen molar-refractivity contribution in [3.63, 3.8) is 0 Å². The molecule has 0 aliphatic rings. The SMILES string of the molecule is C/N=C/c1ccc(-c2ccc(Cl)cc2)o1. The first kappa shape index (κ1) is 9.99. The highest BCUT2D eigenvalue weighted by atomic mass is 35.5. The molecule has 2 nitrogen and oxygen atoms in total. The van der Waals surface area contributed by atoms with E-state index in [9.17, 15) is 0 Å². The highest BCUT2D eigenvalue weighted by Gasteiger charge is 2.02. The third-order valence-corrected chi connectivity index (χ3v) is 2.26. The second kappa shape index (κ2) is 4.32. The summed E-state index contributed by atoms with van der Waals surface area (Å²) in [5, 5.41) is 0.723. The normalized spacial score (nSPS) is 11.1. The van der Waals surface area contributed by atoms with Crippen LogP contribution in [-0.2, 0) is 0 Å². The maximum atomic E-state index is 5.80. The first-order valence-electron chi connectivity index (χ1n) is 4.57. The Morgan fingerprint density at radius 2 is 1.87 bits per heavy atom. The molecule has 0 radical (unpaired) electrons. The number of aliphatic imine (C=N–C) groups is 1. The van der Waals surface area contributed by atoms with Crippen molar-refractivity contribution in [2.75, 3.05) is 7.05 Å². The van der Waals surface area contributed by atoms with Crippen molar-refractivity contribution in [2.24, 2.45) is 4.99 Å². The van der Waals surface area contributed by atoms with E-state index in [1.807, 2.05) is 36.4 Å². The molecular weight excluding hydrogens is 210 g/mol. The lowest BCUT2D eigenvalue weighted by Gasteiger charge is -1.96. The Morgan fingerprint density at radius 3 is 2.53 bits per heavy atom. The monoisotopic (exact) mass is 219 g/mol. The zero-order valence-corrected chi connectivity index (χ0v) is 9.03. The largest absolute Gasteiger partial charge is 0.455 e. The van der Waals surface area contributed by atoms with Gasteiger partial charge in [0, 0.05) is 17.6 Å². The van der Waals surface area contributed by atoms with Crippen molar-refractivity contribution in [1.29, 1.82) is 0 Å². The molecule has 0 fully saturated rings. The Balaban J connectivity index is 2.33. The summed E-state index contributed by atoms with van der Waals surface area (Å²) >= 11 is 5.80. The van der Waals surface area contributed by atoms with Crippen LogP contribution in [0.3, 0.4) is 0 Å². The molecule has 0 amide bonds. The minimum atomic E-state index is 0.723. The second-order valence-electron chi connectivity index (χ2n) is 3.10. The molecule has 0 saturated heterocycles. The first-order valence-corrected chi connectivity index (χ1v) is 4.95. The van der Waals surface area contributed by atoms with E-state index in [1.54, 1.807) is 13.3 Å². The average Bonchev–Trinajstić information content (AvgIpc) is 2.68. The van der Waals surface area contributed by atoms with Gasteiger partial charge in [-0.3, -0.25) is 4.99 Å². The summed E-state index contributed by atoms with van der Waals surface area (Å²) in [6.45, 7) is 0. The molecule has 15 heavy (non-hydrogen) atoms. The summed E-state index contributed by atoms with van der Waals surface area (Å²) in [4.78, 5) is 3.89. The molecule has 1 heterocycles. The van der Waals surface area contributed by atoms with E-state index < -0.39 is 0 Å². The Bertz CT molecular complexity index is 471. The van der Waals surface area contributed by atoms with E-state index in [0.29, 0.717) is 0 Å². The third-order valence-electron chi connectivity index (χ3n) is 2.01. The van der Waals surface area contributed by atoms with Crippen LogP contribution in [0.25, 0.3) is 11.3 Å². The van der Waals surface area contributed by atoms with E-state index in [-0.39, 0.29) is 0 Å². The van der Waals surface area contributed by atoms with Crippen LogP contribution in [0.5, 0.6) is 0 Å². The van der Waals surface area contributed by atoms with Gasteiger partial charge >= 0.3 is 0 Å². The molecule has 3 heteroatoms. The van der Waals surface area contributed by atoms with Crippen molar-refractivity contribution < 1.29 is 4.42 Å². The van der Waals surface area contributed by atoms with E-state index in [1.165, 1.54) is 0 Å². The summed E-state index contributed by atoms with van der Waals surface area (Å²) < 4.78 is 5.56. The van der Waals surface area contributed by atoms with Gasteiger partial charge in [0.1, 0.15) is 11.5 Å². The minimum absolute atomic E-state index is 0.723. The lowest BCUT2D eigenvalue weighted by Crippen LogP contribution is -1.74. The molecule has 0 aliphatic heterocycles. The van der Waals surface area contributed by atoms with Crippen molar-refractivity contribution in [2.45, 2.75) is 0 Å². The van der Waals surface area contributed by atoms with E-state index in [0.717, 1.165) is 22.1 Å². The van der Waals surface area contributed by atoms with E-state index in [4.69, 9.17) is 16.0 Å². The number of nitrogens with zero attached hydrogens (tertiary/aromatic N) is 1. The highest BCUT2D eigenvalue weighted by molar-refractivity contribution is 6.30. The zero-order valence-electron chi connectivity index (χ0n) is 8.27. The number of rotatable bonds is 2. The van der Waals surface area contributed by atoms with Gasteiger partial charge in [0.05, 0.1) is 6.21 Å². The summed E-state index contributed by atoms with van der Waals surface area (Å²) in [5.74, 6) is 1.57. The molecule has 2 aromatic rings. The van der Waals surface area contributed by atoms with Crippen LogP contribution >= 0.6 is 11.6 Å². The van der Waals surface area contributed by atoms with Gasteiger partial charge in [0.2, 0.25) is 0 Å². The molecule has 0 saturated carbocycles. The van der Waals surface area contributed by atoms with Gasteiger partial charge in [0.15, 0.2) is 0 Å². The smallest absolute Gasteiger partial charge is 0.145 e. The molecule has 0 aliphatic carbocycles. The Hall–Kier alpha value is -1.54. The fourth-order valence-corrected chi connectivity index (χ4v) is 1.44. The molecule has 0 N–H and O–H groups in total. The standard InChI is InChI=1S/C12H10ClNO/c1-14-8-11-6-7-12(15-11)9-2-4-10(13)5-3-9/h2-8H,1H3/b14-8+. The van der Waals surface area contributed by atoms with Gasteiger partial charge in [-0.2, -0.15) is 0 Å². The van der Waals surface area contributed by atoms with Crippen LogP contribution in [0.4, 0.5) is 0 Å². The lowest BCUT2D eigenvalue weighted by atomic mass is 10.2. The van der Waals surface area contributed by atoms with E-state index in [2.05, 4.69) is 4.99 Å². The lowest BCUT2D eigenvalue weighted by molar-refractivity contribution is 0.575. The van der Waals surface area contributed by atoms with Gasteiger partial charge < -0.3 is 4.42 Å². The Labute approximate surface area is 93.2 Å². The van der Waals surface area contributed by atoms with Gasteiger partial charge in [-0.05, 0) is 36.4 Å². The van der Waals surface area contributed by atoms with Gasteiger partial charge in [-0.1, -0.05) is 11.6 Å². The van der Waals surface area contributed by atoms with Crippen molar-refractivity contribution >= 4 is 17.8 Å². The van der Waals surface area contributed by atoms with Crippen molar-refractivity contribution in [3.8, 4) is 11.3 Å². The first-order chi connectivity index (χ1) is 7.29. The van der Waals surface area contributed by atoms with Gasteiger partial charge in [-0.15, -0.1) is 0 Å². The van der Waals surface area contributed by atoms with Crippen molar-refractivity contribution in [3.05, 3.63) is 47.2 Å². The molecule has 76 valence electrons. The van der Waals surface area contributed by atoms with Crippen LogP contribution in [0.15, 0.2) is 45.8 Å². The molecule has 2 rings (SSSR count). The predicted molar refractivity (Wildman–Crippen MR) is 62.7 cm³/mol. The molecule has 0 atom stereocenters. The fraction of sp³-hybridized carbons (Fsp3) is 0.0833. The molecular formula is C12H10ClNO. The quantitative estimate of drug-likeness (QED) is 0.708. The molecule has 0 bridgehead atoms. The summed E-state index contributed by atoms with van der Waals surface area (Å²) in [5.41, 5.74) is 1.01. The van der Waals surface area contributed by atoms with Crippen molar-refractivity contribution in [1.82, 2.24) is 0 Å². The maximum Gasteiger partial charge on any atom is 0.145 e. The summed E-state index contributed by atoms with van der Waals surface area (Å²) in [6, 6.07) is 11.3. The average molecular weight is 220 g/mol. The highest BCUT2D eigenvalue weighted by Crippen LogP contribution is 2.23. The molecule has 0 unspecified atom stereocenters. The predicted octanol–water partition coefficient (Wildman–Crippen LogP) is 3.65. The Morgan fingerprint density at radius 1 is 1.13 bits per heavy atom. The molecule has 1 aromatic carbocycles.